The first kappa shape index (κ1) is 34.5. The van der Waals surface area contributed by atoms with Gasteiger partial charge in [-0.2, -0.15) is 0 Å². The SMILES string of the molecule is CC(C)CNC(=O)C(Cc1ccccc1)N(Cc1c(Cl)cccc1Cl)C(=O)CN(c1cccc(Br)c1)S(=O)(=O)c1ccccc1. The molecule has 4 rings (SSSR count). The van der Waals surface area contributed by atoms with Crippen molar-refractivity contribution in [1.29, 1.82) is 0 Å². The Morgan fingerprint density at radius 2 is 1.44 bits per heavy atom. The summed E-state index contributed by atoms with van der Waals surface area (Å²) >= 11 is 16.5. The number of carbonyl (C=O) groups is 2. The van der Waals surface area contributed by atoms with Gasteiger partial charge in [0.1, 0.15) is 12.6 Å². The third-order valence-electron chi connectivity index (χ3n) is 7.05. The van der Waals surface area contributed by atoms with E-state index in [4.69, 9.17) is 23.2 Å². The first-order chi connectivity index (χ1) is 21.5. The fourth-order valence-corrected chi connectivity index (χ4v) is 7.04. The van der Waals surface area contributed by atoms with Gasteiger partial charge in [0, 0.05) is 39.6 Å². The average molecular weight is 732 g/mol. The van der Waals surface area contributed by atoms with Gasteiger partial charge in [0.15, 0.2) is 0 Å². The fraction of sp³-hybridized carbons (Fsp3) is 0.235. The van der Waals surface area contributed by atoms with Gasteiger partial charge in [-0.05, 0) is 53.9 Å². The van der Waals surface area contributed by atoms with Crippen LogP contribution in [-0.4, -0.2) is 44.3 Å². The van der Waals surface area contributed by atoms with E-state index in [9.17, 15) is 18.0 Å². The molecule has 4 aromatic rings. The maximum absolute atomic E-state index is 14.5. The Labute approximate surface area is 283 Å². The van der Waals surface area contributed by atoms with Crippen LogP contribution in [0.4, 0.5) is 5.69 Å². The molecule has 0 bridgehead atoms. The quantitative estimate of drug-likeness (QED) is 0.156. The van der Waals surface area contributed by atoms with E-state index in [1.807, 2.05) is 44.2 Å². The normalized spacial score (nSPS) is 12.0. The molecule has 0 aliphatic rings. The highest BCUT2D eigenvalue weighted by Gasteiger charge is 2.35. The molecule has 11 heteroatoms. The van der Waals surface area contributed by atoms with E-state index in [-0.39, 0.29) is 35.4 Å². The van der Waals surface area contributed by atoms with Crippen molar-refractivity contribution in [3.05, 3.63) is 129 Å². The van der Waals surface area contributed by atoms with Crippen molar-refractivity contribution in [1.82, 2.24) is 10.2 Å². The minimum absolute atomic E-state index is 0.0222. The summed E-state index contributed by atoms with van der Waals surface area (Å²) in [6.45, 7) is 3.64. The maximum atomic E-state index is 14.5. The molecule has 1 N–H and O–H groups in total. The summed E-state index contributed by atoms with van der Waals surface area (Å²) in [5.74, 6) is -0.813. The molecule has 4 aromatic carbocycles. The van der Waals surface area contributed by atoms with Gasteiger partial charge in [0.25, 0.3) is 10.0 Å². The van der Waals surface area contributed by atoms with E-state index >= 15 is 0 Å². The second-order valence-corrected chi connectivity index (χ2v) is 14.5. The molecule has 1 atom stereocenters. The zero-order chi connectivity index (χ0) is 32.6. The molecule has 7 nitrogen and oxygen atoms in total. The number of rotatable bonds is 13. The third-order valence-corrected chi connectivity index (χ3v) is 10.0. The molecule has 1 unspecified atom stereocenters. The number of halogens is 3. The van der Waals surface area contributed by atoms with Gasteiger partial charge in [-0.1, -0.05) is 114 Å². The number of nitrogens with one attached hydrogen (secondary N) is 1. The summed E-state index contributed by atoms with van der Waals surface area (Å²) in [4.78, 5) is 29.8. The van der Waals surface area contributed by atoms with Crippen LogP contribution in [0.2, 0.25) is 10.0 Å². The summed E-state index contributed by atoms with van der Waals surface area (Å²) in [5.41, 5.74) is 1.55. The summed E-state index contributed by atoms with van der Waals surface area (Å²) in [6, 6.07) is 27.9. The van der Waals surface area contributed by atoms with Crippen LogP contribution in [0.15, 0.2) is 112 Å². The molecule has 0 spiro atoms. The van der Waals surface area contributed by atoms with Crippen molar-refractivity contribution < 1.29 is 18.0 Å². The van der Waals surface area contributed by atoms with E-state index in [1.165, 1.54) is 17.0 Å². The summed E-state index contributed by atoms with van der Waals surface area (Å²) in [5, 5.41) is 3.61. The maximum Gasteiger partial charge on any atom is 0.264 e. The number of anilines is 1. The number of hydrogen-bond acceptors (Lipinski definition) is 4. The van der Waals surface area contributed by atoms with Crippen LogP contribution < -0.4 is 9.62 Å². The number of sulfonamides is 1. The molecule has 0 aromatic heterocycles. The molecule has 0 fully saturated rings. The predicted octanol–water partition coefficient (Wildman–Crippen LogP) is 7.36. The Hall–Kier alpha value is -3.37. The molecule has 0 saturated heterocycles. The highest BCUT2D eigenvalue weighted by atomic mass is 79.9. The van der Waals surface area contributed by atoms with Crippen molar-refractivity contribution in [2.24, 2.45) is 5.92 Å². The highest BCUT2D eigenvalue weighted by molar-refractivity contribution is 9.10. The van der Waals surface area contributed by atoms with Crippen molar-refractivity contribution in [3.63, 3.8) is 0 Å². The monoisotopic (exact) mass is 729 g/mol. The van der Waals surface area contributed by atoms with Crippen LogP contribution >= 0.6 is 39.1 Å². The number of hydrogen-bond donors (Lipinski definition) is 1. The van der Waals surface area contributed by atoms with Gasteiger partial charge < -0.3 is 10.2 Å². The van der Waals surface area contributed by atoms with E-state index in [2.05, 4.69) is 21.2 Å². The third kappa shape index (κ3) is 9.10. The minimum Gasteiger partial charge on any atom is -0.354 e. The van der Waals surface area contributed by atoms with Crippen LogP contribution in [-0.2, 0) is 32.6 Å². The lowest BCUT2D eigenvalue weighted by atomic mass is 10.0. The molecule has 0 aliphatic carbocycles. The smallest absolute Gasteiger partial charge is 0.264 e. The predicted molar refractivity (Wildman–Crippen MR) is 184 cm³/mol. The van der Waals surface area contributed by atoms with Crippen LogP contribution in [0.3, 0.4) is 0 Å². The molecular weight excluding hydrogens is 697 g/mol. The van der Waals surface area contributed by atoms with Gasteiger partial charge in [-0.3, -0.25) is 13.9 Å². The van der Waals surface area contributed by atoms with E-state index < -0.39 is 28.5 Å². The van der Waals surface area contributed by atoms with Crippen LogP contribution in [0.5, 0.6) is 0 Å². The van der Waals surface area contributed by atoms with Gasteiger partial charge in [-0.25, -0.2) is 8.42 Å². The zero-order valence-electron chi connectivity index (χ0n) is 24.9. The average Bonchev–Trinajstić information content (AvgIpc) is 3.02. The number of carbonyl (C=O) groups excluding carboxylic acids is 2. The van der Waals surface area contributed by atoms with Gasteiger partial charge >= 0.3 is 0 Å². The number of amides is 2. The van der Waals surface area contributed by atoms with Crippen molar-refractivity contribution >= 4 is 66.7 Å². The lowest BCUT2D eigenvalue weighted by Crippen LogP contribution is -2.53. The largest absolute Gasteiger partial charge is 0.354 e. The fourth-order valence-electron chi connectivity index (χ4n) is 4.71. The van der Waals surface area contributed by atoms with Gasteiger partial charge in [-0.15, -0.1) is 0 Å². The Morgan fingerprint density at radius 3 is 2.04 bits per heavy atom. The van der Waals surface area contributed by atoms with Crippen molar-refractivity contribution in [2.45, 2.75) is 37.8 Å². The molecule has 0 aliphatic heterocycles. The molecule has 0 radical (unpaired) electrons. The lowest BCUT2D eigenvalue weighted by molar-refractivity contribution is -0.140. The molecule has 2 amide bonds. The van der Waals surface area contributed by atoms with E-state index in [1.54, 1.807) is 60.7 Å². The number of benzene rings is 4. The number of nitrogens with zero attached hydrogens (tertiary/aromatic N) is 2. The summed E-state index contributed by atoms with van der Waals surface area (Å²) in [6.07, 6.45) is 0.181. The zero-order valence-corrected chi connectivity index (χ0v) is 28.8. The Kier molecular flexibility index (Phi) is 12.1. The molecule has 45 heavy (non-hydrogen) atoms. The molecule has 236 valence electrons. The molecular formula is C34H34BrCl2N3O4S. The molecule has 0 heterocycles. The minimum atomic E-state index is -4.20. The van der Waals surface area contributed by atoms with Crippen LogP contribution in [0, 0.1) is 5.92 Å². The standard InChI is InChI=1S/C34H34BrCl2N3O4S/c1-24(2)21-38-34(42)32(19-25-11-5-3-6-12-25)39(22-29-30(36)17-10-18-31(29)37)33(41)23-40(27-14-9-13-26(35)20-27)45(43,44)28-15-7-4-8-16-28/h3-18,20,24,32H,19,21-23H2,1-2H3,(H,38,42). The Balaban J connectivity index is 1.83. The topological polar surface area (TPSA) is 86.8 Å². The Morgan fingerprint density at radius 1 is 0.844 bits per heavy atom. The van der Waals surface area contributed by atoms with Crippen LogP contribution in [0.25, 0.3) is 0 Å². The Bertz CT molecular complexity index is 1700. The van der Waals surface area contributed by atoms with Gasteiger partial charge in [0.05, 0.1) is 10.6 Å². The molecule has 0 saturated carbocycles. The first-order valence-electron chi connectivity index (χ1n) is 14.3. The van der Waals surface area contributed by atoms with Gasteiger partial charge in [0.2, 0.25) is 11.8 Å². The highest BCUT2D eigenvalue weighted by Crippen LogP contribution is 2.30. The van der Waals surface area contributed by atoms with E-state index in [0.717, 1.165) is 9.87 Å². The first-order valence-corrected chi connectivity index (χ1v) is 17.3. The lowest BCUT2D eigenvalue weighted by Gasteiger charge is -2.34. The summed E-state index contributed by atoms with van der Waals surface area (Å²) < 4.78 is 29.8. The second kappa shape index (κ2) is 15.8. The summed E-state index contributed by atoms with van der Waals surface area (Å²) in [7, 11) is -4.20. The van der Waals surface area contributed by atoms with Crippen molar-refractivity contribution in [2.75, 3.05) is 17.4 Å². The van der Waals surface area contributed by atoms with E-state index in [0.29, 0.717) is 26.6 Å². The van der Waals surface area contributed by atoms with Crippen molar-refractivity contribution in [3.8, 4) is 0 Å². The second-order valence-electron chi connectivity index (χ2n) is 10.9. The van der Waals surface area contributed by atoms with Crippen LogP contribution in [0.1, 0.15) is 25.0 Å².